The molecule has 94 valence electrons. The van der Waals surface area contributed by atoms with Crippen LogP contribution in [-0.2, 0) is 4.79 Å². The number of thiocarbonyl (C=S) groups is 1. The quantitative estimate of drug-likeness (QED) is 0.677. The second-order valence-electron chi connectivity index (χ2n) is 5.30. The topological polar surface area (TPSA) is 55.8 Å². The fourth-order valence-electron chi connectivity index (χ4n) is 2.78. The number of carboxylic acids is 1. The number of carbonyl (C=O) groups is 1. The average molecular weight is 255 g/mol. The van der Waals surface area contributed by atoms with Gasteiger partial charge in [-0.1, -0.05) is 0 Å². The number of rotatable bonds is 3. The molecule has 17 heavy (non-hydrogen) atoms. The van der Waals surface area contributed by atoms with E-state index in [4.69, 9.17) is 12.2 Å². The van der Waals surface area contributed by atoms with Crippen molar-refractivity contribution in [2.24, 2.45) is 5.41 Å². The first-order chi connectivity index (χ1) is 8.12. The molecule has 3 aliphatic rings. The summed E-state index contributed by atoms with van der Waals surface area (Å²) in [6.07, 6.45) is 1.59. The molecule has 0 radical (unpaired) electrons. The van der Waals surface area contributed by atoms with Crippen LogP contribution < -0.4 is 5.32 Å². The zero-order chi connectivity index (χ0) is 12.0. The van der Waals surface area contributed by atoms with Crippen LogP contribution in [0.15, 0.2) is 0 Å². The van der Waals surface area contributed by atoms with Crippen molar-refractivity contribution in [3.05, 3.63) is 0 Å². The van der Waals surface area contributed by atoms with Crippen LogP contribution in [0, 0.1) is 5.41 Å². The van der Waals surface area contributed by atoms with Crippen molar-refractivity contribution in [2.45, 2.75) is 18.9 Å². The van der Waals surface area contributed by atoms with Crippen molar-refractivity contribution in [1.29, 1.82) is 0 Å². The Morgan fingerprint density at radius 1 is 1.59 bits per heavy atom. The smallest absolute Gasteiger partial charge is 0.311 e. The maximum atomic E-state index is 11.2. The molecular weight excluding hydrogens is 238 g/mol. The molecule has 3 rings (SSSR count). The summed E-state index contributed by atoms with van der Waals surface area (Å²) < 4.78 is 0. The first kappa shape index (κ1) is 11.2. The van der Waals surface area contributed by atoms with Crippen LogP contribution in [0.2, 0.25) is 0 Å². The standard InChI is InChI=1S/C11H17N3O2S/c15-9(16)11(1-2-11)7-13-6-8-5-12-3-4-14(8)10(13)17/h8,12H,1-7H2,(H,15,16)/t8-/m1/s1. The highest BCUT2D eigenvalue weighted by molar-refractivity contribution is 7.80. The molecule has 1 aliphatic carbocycles. The van der Waals surface area contributed by atoms with E-state index in [9.17, 15) is 9.90 Å². The van der Waals surface area contributed by atoms with Gasteiger partial charge in [-0.05, 0) is 25.1 Å². The summed E-state index contributed by atoms with van der Waals surface area (Å²) in [6, 6.07) is 0.431. The molecule has 2 saturated heterocycles. The number of fused-ring (bicyclic) bond motifs is 1. The lowest BCUT2D eigenvalue weighted by Gasteiger charge is -2.30. The number of nitrogens with one attached hydrogen (secondary N) is 1. The van der Waals surface area contributed by atoms with Crippen LogP contribution in [0.5, 0.6) is 0 Å². The molecule has 5 nitrogen and oxygen atoms in total. The molecule has 1 atom stereocenters. The predicted octanol–water partition coefficient (Wildman–Crippen LogP) is -0.274. The van der Waals surface area contributed by atoms with Crippen molar-refractivity contribution < 1.29 is 9.90 Å². The zero-order valence-corrected chi connectivity index (χ0v) is 10.5. The Kier molecular flexibility index (Phi) is 2.52. The van der Waals surface area contributed by atoms with Gasteiger partial charge in [0, 0.05) is 32.7 Å². The van der Waals surface area contributed by atoms with E-state index < -0.39 is 11.4 Å². The molecule has 2 aliphatic heterocycles. The average Bonchev–Trinajstić information content (AvgIpc) is 3.03. The van der Waals surface area contributed by atoms with Gasteiger partial charge < -0.3 is 20.2 Å². The molecule has 0 amide bonds. The van der Waals surface area contributed by atoms with Crippen LogP contribution in [0.4, 0.5) is 0 Å². The highest BCUT2D eigenvalue weighted by Gasteiger charge is 2.53. The van der Waals surface area contributed by atoms with Crippen molar-refractivity contribution in [2.75, 3.05) is 32.7 Å². The molecule has 0 aromatic rings. The van der Waals surface area contributed by atoms with Crippen LogP contribution in [0.25, 0.3) is 0 Å². The molecule has 0 spiro atoms. The van der Waals surface area contributed by atoms with E-state index in [-0.39, 0.29) is 0 Å². The van der Waals surface area contributed by atoms with E-state index in [1.54, 1.807) is 0 Å². The van der Waals surface area contributed by atoms with E-state index >= 15 is 0 Å². The Hall–Kier alpha value is -0.880. The molecule has 0 bridgehead atoms. The van der Waals surface area contributed by atoms with Gasteiger partial charge in [0.15, 0.2) is 5.11 Å². The van der Waals surface area contributed by atoms with E-state index in [1.165, 1.54) is 0 Å². The first-order valence-corrected chi connectivity index (χ1v) is 6.53. The van der Waals surface area contributed by atoms with E-state index in [0.717, 1.165) is 44.1 Å². The van der Waals surface area contributed by atoms with Crippen LogP contribution >= 0.6 is 12.2 Å². The van der Waals surface area contributed by atoms with Crippen molar-refractivity contribution in [3.8, 4) is 0 Å². The van der Waals surface area contributed by atoms with Gasteiger partial charge in [0.1, 0.15) is 0 Å². The number of hydrogen-bond donors (Lipinski definition) is 2. The summed E-state index contributed by atoms with van der Waals surface area (Å²) >= 11 is 5.45. The molecule has 6 heteroatoms. The minimum Gasteiger partial charge on any atom is -0.481 e. The maximum Gasteiger partial charge on any atom is 0.311 e. The Balaban J connectivity index is 1.69. The number of piperazine rings is 1. The van der Waals surface area contributed by atoms with Crippen LogP contribution in [0.1, 0.15) is 12.8 Å². The highest BCUT2D eigenvalue weighted by Crippen LogP contribution is 2.47. The third-order valence-electron chi connectivity index (χ3n) is 4.10. The first-order valence-electron chi connectivity index (χ1n) is 6.12. The van der Waals surface area contributed by atoms with Crippen LogP contribution in [-0.4, -0.2) is 64.8 Å². The van der Waals surface area contributed by atoms with Gasteiger partial charge in [0.05, 0.1) is 11.5 Å². The van der Waals surface area contributed by atoms with Crippen molar-refractivity contribution in [3.63, 3.8) is 0 Å². The van der Waals surface area contributed by atoms with Gasteiger partial charge in [0.2, 0.25) is 0 Å². The normalized spacial score (nSPS) is 30.4. The Morgan fingerprint density at radius 3 is 2.94 bits per heavy atom. The fraction of sp³-hybridized carbons (Fsp3) is 0.818. The fourth-order valence-corrected chi connectivity index (χ4v) is 3.16. The van der Waals surface area contributed by atoms with E-state index in [2.05, 4.69) is 15.1 Å². The number of nitrogens with zero attached hydrogens (tertiary/aromatic N) is 2. The Bertz CT molecular complexity index is 370. The molecule has 0 aromatic carbocycles. The van der Waals surface area contributed by atoms with E-state index in [1.807, 2.05) is 0 Å². The Morgan fingerprint density at radius 2 is 2.35 bits per heavy atom. The summed E-state index contributed by atoms with van der Waals surface area (Å²) in [4.78, 5) is 15.5. The second kappa shape index (κ2) is 3.81. The van der Waals surface area contributed by atoms with Crippen molar-refractivity contribution >= 4 is 23.3 Å². The van der Waals surface area contributed by atoms with E-state index in [0.29, 0.717) is 12.6 Å². The monoisotopic (exact) mass is 255 g/mol. The second-order valence-corrected chi connectivity index (χ2v) is 5.67. The highest BCUT2D eigenvalue weighted by atomic mass is 32.1. The SMILES string of the molecule is O=C(O)C1(CN2C[C@H]3CNCCN3C2=S)CC1. The lowest BCUT2D eigenvalue weighted by molar-refractivity contribution is -0.143. The minimum absolute atomic E-state index is 0.431. The lowest BCUT2D eigenvalue weighted by Crippen LogP contribution is -2.49. The van der Waals surface area contributed by atoms with Gasteiger partial charge in [-0.2, -0.15) is 0 Å². The third kappa shape index (κ3) is 1.79. The molecule has 2 heterocycles. The zero-order valence-electron chi connectivity index (χ0n) is 9.69. The molecule has 1 saturated carbocycles. The Labute approximate surface area is 106 Å². The number of hydrogen-bond acceptors (Lipinski definition) is 3. The van der Waals surface area contributed by atoms with Gasteiger partial charge in [-0.15, -0.1) is 0 Å². The molecule has 2 N–H and O–H groups in total. The van der Waals surface area contributed by atoms with Gasteiger partial charge in [-0.25, -0.2) is 0 Å². The van der Waals surface area contributed by atoms with Gasteiger partial charge in [0.25, 0.3) is 0 Å². The summed E-state index contributed by atoms with van der Waals surface area (Å²) in [6.45, 7) is 4.33. The molecule has 0 aromatic heterocycles. The molecule has 0 unspecified atom stereocenters. The summed E-state index contributed by atoms with van der Waals surface area (Å²) in [5.41, 5.74) is -0.508. The van der Waals surface area contributed by atoms with Gasteiger partial charge >= 0.3 is 5.97 Å². The lowest BCUT2D eigenvalue weighted by atomic mass is 10.1. The number of carboxylic acid groups (broad SMARTS) is 1. The summed E-state index contributed by atoms with van der Waals surface area (Å²) in [5.74, 6) is -0.664. The predicted molar refractivity (Wildman–Crippen MR) is 66.8 cm³/mol. The molecular formula is C11H17N3O2S. The summed E-state index contributed by atoms with van der Waals surface area (Å²) in [7, 11) is 0. The third-order valence-corrected chi connectivity index (χ3v) is 4.59. The van der Waals surface area contributed by atoms with Crippen LogP contribution in [0.3, 0.4) is 0 Å². The van der Waals surface area contributed by atoms with Crippen molar-refractivity contribution in [1.82, 2.24) is 15.1 Å². The maximum absolute atomic E-state index is 11.2. The van der Waals surface area contributed by atoms with Gasteiger partial charge in [-0.3, -0.25) is 4.79 Å². The minimum atomic E-state index is -0.664. The molecule has 3 fully saturated rings. The summed E-state index contributed by atoms with van der Waals surface area (Å²) in [5, 5.41) is 13.4. The largest absolute Gasteiger partial charge is 0.481 e. The number of aliphatic carboxylic acids is 1.